The Morgan fingerprint density at radius 2 is 0.500 bits per heavy atom. The number of rotatable bonds is 0. The van der Waals surface area contributed by atoms with E-state index in [2.05, 4.69) is 0 Å². The fraction of sp³-hybridized carbons (Fsp3) is 0. The Morgan fingerprint density at radius 3 is 0.500 bits per heavy atom. The third kappa shape index (κ3) is 9.02. The molecule has 0 heterocycles. The normalized spacial score (nSPS) is 0. The molecule has 0 spiro atoms. The van der Waals surface area contributed by atoms with E-state index in [1.807, 2.05) is 0 Å². The maximum atomic E-state index is 0. The van der Waals surface area contributed by atoms with Gasteiger partial charge in [-0.3, -0.25) is 0 Å². The number of hydrogen-bond donors (Lipinski definition) is 0. The Labute approximate surface area is 69.2 Å². The zero-order valence-electron chi connectivity index (χ0n) is 1.80. The molecule has 0 aromatic rings. The fourth-order valence-corrected chi connectivity index (χ4v) is 0. The van der Waals surface area contributed by atoms with Gasteiger partial charge in [0, 0.05) is 32.7 Å². The van der Waals surface area contributed by atoms with Gasteiger partial charge in [-0.15, -0.1) is 37.2 Å². The first-order valence-electron chi connectivity index (χ1n) is 0. The molecular formula is H3Cl3Y. The molecule has 0 aliphatic carbocycles. The van der Waals surface area contributed by atoms with Crippen molar-refractivity contribution in [3.05, 3.63) is 0 Å². The van der Waals surface area contributed by atoms with E-state index in [0.717, 1.165) is 0 Å². The van der Waals surface area contributed by atoms with Gasteiger partial charge in [-0.1, -0.05) is 0 Å². The van der Waals surface area contributed by atoms with Gasteiger partial charge in [-0.25, -0.2) is 0 Å². The van der Waals surface area contributed by atoms with E-state index in [1.165, 1.54) is 0 Å². The molecule has 0 bridgehead atoms. The molecule has 0 fully saturated rings. The summed E-state index contributed by atoms with van der Waals surface area (Å²) < 4.78 is 0. The maximum Gasteiger partial charge on any atom is 0 e. The van der Waals surface area contributed by atoms with Crippen LogP contribution in [0.5, 0.6) is 0 Å². The van der Waals surface area contributed by atoms with E-state index in [9.17, 15) is 0 Å². The Bertz CT molecular complexity index is 3.25. The zero-order chi connectivity index (χ0) is 0. The third-order valence-corrected chi connectivity index (χ3v) is 0. The number of hydrogen-bond acceptors (Lipinski definition) is 0. The summed E-state index contributed by atoms with van der Waals surface area (Å²) in [4.78, 5) is 0. The van der Waals surface area contributed by atoms with Crippen molar-refractivity contribution in [3.8, 4) is 0 Å². The van der Waals surface area contributed by atoms with Crippen LogP contribution in [-0.4, -0.2) is 0 Å². The minimum absolute atomic E-state index is 0. The van der Waals surface area contributed by atoms with Crippen molar-refractivity contribution in [1.82, 2.24) is 0 Å². The van der Waals surface area contributed by atoms with Gasteiger partial charge in [0.05, 0.1) is 0 Å². The van der Waals surface area contributed by atoms with Crippen molar-refractivity contribution in [2.75, 3.05) is 0 Å². The van der Waals surface area contributed by atoms with Crippen LogP contribution in [0.15, 0.2) is 0 Å². The molecule has 0 amide bonds. The smallest absolute Gasteiger partial charge is 0 e. The first-order chi connectivity index (χ1) is 0. The van der Waals surface area contributed by atoms with E-state index >= 15 is 0 Å². The van der Waals surface area contributed by atoms with Crippen molar-refractivity contribution in [2.45, 2.75) is 0 Å². The van der Waals surface area contributed by atoms with Gasteiger partial charge >= 0.3 is 0 Å². The summed E-state index contributed by atoms with van der Waals surface area (Å²) in [6.07, 6.45) is 0. The summed E-state index contributed by atoms with van der Waals surface area (Å²) >= 11 is 0. The van der Waals surface area contributed by atoms with Gasteiger partial charge in [0.25, 0.3) is 0 Å². The zero-order valence-corrected chi connectivity index (χ0v) is 7.09. The second-order valence-corrected chi connectivity index (χ2v) is 0. The van der Waals surface area contributed by atoms with E-state index in [-0.39, 0.29) is 69.9 Å². The molecule has 0 rings (SSSR count). The van der Waals surface area contributed by atoms with Crippen LogP contribution < -0.4 is 0 Å². The van der Waals surface area contributed by atoms with Crippen LogP contribution in [0.1, 0.15) is 0 Å². The molecule has 1 radical (unpaired) electrons. The van der Waals surface area contributed by atoms with E-state index < -0.39 is 0 Å². The number of halogens is 3. The molecule has 0 saturated carbocycles. The first kappa shape index (κ1) is 37.9. The summed E-state index contributed by atoms with van der Waals surface area (Å²) in [5.41, 5.74) is 0. The SMILES string of the molecule is Cl.Cl.Cl.[Y]. The van der Waals surface area contributed by atoms with Crippen molar-refractivity contribution < 1.29 is 32.7 Å². The Kier molecular flexibility index (Phi) is 191. The largest absolute Gasteiger partial charge is 0.147 e. The molecule has 0 saturated heterocycles. The predicted molar refractivity (Wildman–Crippen MR) is 21.7 cm³/mol. The summed E-state index contributed by atoms with van der Waals surface area (Å²) in [6.45, 7) is 0. The third-order valence-electron chi connectivity index (χ3n) is 0. The van der Waals surface area contributed by atoms with Gasteiger partial charge in [0.15, 0.2) is 0 Å². The molecule has 27 valence electrons. The first-order valence-corrected chi connectivity index (χ1v) is 0. The maximum absolute atomic E-state index is 0. The molecule has 0 aliphatic heterocycles. The van der Waals surface area contributed by atoms with Gasteiger partial charge in [0.1, 0.15) is 0 Å². The van der Waals surface area contributed by atoms with Gasteiger partial charge in [0.2, 0.25) is 0 Å². The summed E-state index contributed by atoms with van der Waals surface area (Å²) in [7, 11) is 0. The van der Waals surface area contributed by atoms with Gasteiger partial charge in [-0.2, -0.15) is 0 Å². The van der Waals surface area contributed by atoms with Crippen LogP contribution in [0.25, 0.3) is 0 Å². The van der Waals surface area contributed by atoms with Crippen molar-refractivity contribution in [3.63, 3.8) is 0 Å². The molecule has 0 aromatic carbocycles. The van der Waals surface area contributed by atoms with E-state index in [0.29, 0.717) is 0 Å². The van der Waals surface area contributed by atoms with Gasteiger partial charge < -0.3 is 0 Å². The summed E-state index contributed by atoms with van der Waals surface area (Å²) in [6, 6.07) is 0. The summed E-state index contributed by atoms with van der Waals surface area (Å²) in [5, 5.41) is 0. The topological polar surface area (TPSA) is 0 Å². The monoisotopic (exact) mass is 197 g/mol. The Balaban J connectivity index is 0. The Hall–Kier alpha value is 1.97. The molecular weight excluding hydrogens is 195 g/mol. The van der Waals surface area contributed by atoms with Crippen molar-refractivity contribution in [2.24, 2.45) is 0 Å². The van der Waals surface area contributed by atoms with Crippen LogP contribution in [0, 0.1) is 0 Å². The minimum Gasteiger partial charge on any atom is -0.147 e. The average molecular weight is 198 g/mol. The second-order valence-electron chi connectivity index (χ2n) is 0. The van der Waals surface area contributed by atoms with Gasteiger partial charge in [-0.05, 0) is 0 Å². The van der Waals surface area contributed by atoms with Crippen LogP contribution in [0.3, 0.4) is 0 Å². The molecule has 0 N–H and O–H groups in total. The minimum atomic E-state index is 0. The van der Waals surface area contributed by atoms with E-state index in [1.54, 1.807) is 0 Å². The molecule has 0 unspecified atom stereocenters. The fourth-order valence-electron chi connectivity index (χ4n) is 0. The second kappa shape index (κ2) is 20.2. The van der Waals surface area contributed by atoms with Crippen LogP contribution >= 0.6 is 37.2 Å². The summed E-state index contributed by atoms with van der Waals surface area (Å²) in [5.74, 6) is 0. The quantitative estimate of drug-likeness (QED) is 0.550. The average Bonchev–Trinajstić information content (AvgIpc) is 0. The van der Waals surface area contributed by atoms with Crippen molar-refractivity contribution >= 4 is 37.2 Å². The molecule has 0 aliphatic rings. The van der Waals surface area contributed by atoms with Crippen molar-refractivity contribution in [1.29, 1.82) is 0 Å². The van der Waals surface area contributed by atoms with Crippen LogP contribution in [0.2, 0.25) is 0 Å². The molecule has 0 atom stereocenters. The standard InChI is InChI=1S/3ClH.Y/h3*1H;. The predicted octanol–water partition coefficient (Wildman–Crippen LogP) is 1.26. The van der Waals surface area contributed by atoms with Crippen LogP contribution in [-0.2, 0) is 32.7 Å². The molecule has 4 heteroatoms. The molecule has 0 aromatic heterocycles. The van der Waals surface area contributed by atoms with E-state index in [4.69, 9.17) is 0 Å². The Morgan fingerprint density at radius 1 is 0.500 bits per heavy atom. The molecule has 0 nitrogen and oxygen atoms in total. The molecule has 4 heavy (non-hydrogen) atoms. The van der Waals surface area contributed by atoms with Crippen LogP contribution in [0.4, 0.5) is 0 Å².